The van der Waals surface area contributed by atoms with Crippen molar-refractivity contribution in [3.63, 3.8) is 0 Å². The number of hydrogen-bond acceptors (Lipinski definition) is 3. The number of benzene rings is 1. The SMILES string of the molecule is COc1ccccc1[C@H]1C[C@@H](C)CCN1Cc1cnn(C)c1C. The fourth-order valence-electron chi connectivity index (χ4n) is 3.56. The second-order valence-electron chi connectivity index (χ2n) is 6.74. The lowest BCUT2D eigenvalue weighted by Gasteiger charge is -2.39. The van der Waals surface area contributed by atoms with E-state index in [2.05, 4.69) is 42.0 Å². The Kier molecular flexibility index (Phi) is 4.71. The lowest BCUT2D eigenvalue weighted by Crippen LogP contribution is -2.36. The second kappa shape index (κ2) is 6.75. The Morgan fingerprint density at radius 3 is 2.78 bits per heavy atom. The summed E-state index contributed by atoms with van der Waals surface area (Å²) in [4.78, 5) is 2.59. The molecule has 2 heterocycles. The van der Waals surface area contributed by atoms with Crippen molar-refractivity contribution in [2.24, 2.45) is 13.0 Å². The molecule has 0 saturated carbocycles. The molecule has 0 unspecified atom stereocenters. The van der Waals surface area contributed by atoms with Crippen molar-refractivity contribution in [1.82, 2.24) is 14.7 Å². The third-order valence-corrected chi connectivity index (χ3v) is 5.18. The Morgan fingerprint density at radius 1 is 1.30 bits per heavy atom. The van der Waals surface area contributed by atoms with Crippen LogP contribution in [0.1, 0.15) is 42.6 Å². The summed E-state index contributed by atoms with van der Waals surface area (Å²) in [7, 11) is 3.77. The number of nitrogens with zero attached hydrogens (tertiary/aromatic N) is 3. The van der Waals surface area contributed by atoms with Crippen LogP contribution in [0.15, 0.2) is 30.5 Å². The van der Waals surface area contributed by atoms with E-state index in [-0.39, 0.29) is 0 Å². The van der Waals surface area contributed by atoms with Gasteiger partial charge in [-0.25, -0.2) is 0 Å². The van der Waals surface area contributed by atoms with Crippen molar-refractivity contribution in [2.75, 3.05) is 13.7 Å². The molecule has 1 aliphatic rings. The van der Waals surface area contributed by atoms with Crippen LogP contribution < -0.4 is 4.74 Å². The first-order valence-corrected chi connectivity index (χ1v) is 8.44. The van der Waals surface area contributed by atoms with Gasteiger partial charge >= 0.3 is 0 Å². The minimum absolute atomic E-state index is 0.412. The van der Waals surface area contributed by atoms with Gasteiger partial charge in [-0.1, -0.05) is 25.1 Å². The minimum atomic E-state index is 0.412. The van der Waals surface area contributed by atoms with Gasteiger partial charge in [-0.2, -0.15) is 5.10 Å². The summed E-state index contributed by atoms with van der Waals surface area (Å²) in [6.45, 7) is 6.58. The summed E-state index contributed by atoms with van der Waals surface area (Å²) >= 11 is 0. The molecule has 23 heavy (non-hydrogen) atoms. The summed E-state index contributed by atoms with van der Waals surface area (Å²) < 4.78 is 7.58. The Labute approximate surface area is 139 Å². The molecule has 0 bridgehead atoms. The zero-order valence-electron chi connectivity index (χ0n) is 14.6. The number of ether oxygens (including phenoxy) is 1. The quantitative estimate of drug-likeness (QED) is 0.862. The number of aromatic nitrogens is 2. The van der Waals surface area contributed by atoms with Crippen LogP contribution in [0.5, 0.6) is 5.75 Å². The molecule has 4 nitrogen and oxygen atoms in total. The topological polar surface area (TPSA) is 30.3 Å². The molecular formula is C19H27N3O. The van der Waals surface area contributed by atoms with Gasteiger partial charge in [-0.3, -0.25) is 9.58 Å². The van der Waals surface area contributed by atoms with E-state index in [1.807, 2.05) is 24.0 Å². The van der Waals surface area contributed by atoms with Crippen LogP contribution in [0.2, 0.25) is 0 Å². The highest BCUT2D eigenvalue weighted by atomic mass is 16.5. The smallest absolute Gasteiger partial charge is 0.123 e. The van der Waals surface area contributed by atoms with E-state index in [9.17, 15) is 0 Å². The van der Waals surface area contributed by atoms with Gasteiger partial charge in [0.05, 0.1) is 13.3 Å². The first kappa shape index (κ1) is 16.1. The molecule has 2 aromatic rings. The van der Waals surface area contributed by atoms with E-state index in [0.717, 1.165) is 24.8 Å². The predicted molar refractivity (Wildman–Crippen MR) is 92.5 cm³/mol. The minimum Gasteiger partial charge on any atom is -0.496 e. The van der Waals surface area contributed by atoms with Crippen molar-refractivity contribution < 1.29 is 4.74 Å². The van der Waals surface area contributed by atoms with E-state index >= 15 is 0 Å². The molecule has 0 radical (unpaired) electrons. The molecule has 124 valence electrons. The molecule has 2 atom stereocenters. The molecule has 3 rings (SSSR count). The van der Waals surface area contributed by atoms with Crippen molar-refractivity contribution in [1.29, 1.82) is 0 Å². The molecule has 0 spiro atoms. The number of rotatable bonds is 4. The van der Waals surface area contributed by atoms with Gasteiger partial charge in [0, 0.05) is 36.5 Å². The van der Waals surface area contributed by atoms with Crippen LogP contribution >= 0.6 is 0 Å². The number of methoxy groups -OCH3 is 1. The fraction of sp³-hybridized carbons (Fsp3) is 0.526. The highest BCUT2D eigenvalue weighted by Crippen LogP contribution is 2.39. The Bertz CT molecular complexity index is 664. The van der Waals surface area contributed by atoms with Gasteiger partial charge in [0.15, 0.2) is 0 Å². The summed E-state index contributed by atoms with van der Waals surface area (Å²) in [6, 6.07) is 8.86. The van der Waals surface area contributed by atoms with Crippen LogP contribution in [0.3, 0.4) is 0 Å². The van der Waals surface area contributed by atoms with E-state index < -0.39 is 0 Å². The van der Waals surface area contributed by atoms with Crippen LogP contribution in [-0.4, -0.2) is 28.3 Å². The zero-order chi connectivity index (χ0) is 16.4. The average molecular weight is 313 g/mol. The molecule has 1 saturated heterocycles. The summed E-state index contributed by atoms with van der Waals surface area (Å²) in [5, 5.41) is 4.39. The van der Waals surface area contributed by atoms with Gasteiger partial charge in [-0.05, 0) is 38.3 Å². The molecule has 0 aliphatic carbocycles. The fourth-order valence-corrected chi connectivity index (χ4v) is 3.56. The monoisotopic (exact) mass is 313 g/mol. The van der Waals surface area contributed by atoms with E-state index in [1.165, 1.54) is 29.7 Å². The van der Waals surface area contributed by atoms with Crippen molar-refractivity contribution in [3.8, 4) is 5.75 Å². The average Bonchev–Trinajstić information content (AvgIpc) is 2.88. The summed E-state index contributed by atoms with van der Waals surface area (Å²) in [5.74, 6) is 1.75. The van der Waals surface area contributed by atoms with E-state index in [1.54, 1.807) is 7.11 Å². The normalized spacial score (nSPS) is 22.3. The lowest BCUT2D eigenvalue weighted by molar-refractivity contribution is 0.108. The molecule has 1 aromatic carbocycles. The van der Waals surface area contributed by atoms with Crippen molar-refractivity contribution >= 4 is 0 Å². The molecule has 1 fully saturated rings. The summed E-state index contributed by atoms with van der Waals surface area (Å²) in [5.41, 5.74) is 3.88. The van der Waals surface area contributed by atoms with Gasteiger partial charge < -0.3 is 4.74 Å². The van der Waals surface area contributed by atoms with E-state index in [4.69, 9.17) is 4.74 Å². The third kappa shape index (κ3) is 3.27. The first-order chi connectivity index (χ1) is 11.1. The van der Waals surface area contributed by atoms with Gasteiger partial charge in [-0.15, -0.1) is 0 Å². The van der Waals surface area contributed by atoms with Crippen LogP contribution in [0.4, 0.5) is 0 Å². The molecular weight excluding hydrogens is 286 g/mol. The number of piperidine rings is 1. The van der Waals surface area contributed by atoms with Crippen molar-refractivity contribution in [2.45, 2.75) is 39.3 Å². The Balaban J connectivity index is 1.89. The third-order valence-electron chi connectivity index (χ3n) is 5.18. The van der Waals surface area contributed by atoms with Gasteiger partial charge in [0.25, 0.3) is 0 Å². The van der Waals surface area contributed by atoms with E-state index in [0.29, 0.717) is 6.04 Å². The maximum Gasteiger partial charge on any atom is 0.123 e. The number of likely N-dealkylation sites (tertiary alicyclic amines) is 1. The number of para-hydroxylation sites is 1. The Morgan fingerprint density at radius 2 is 2.09 bits per heavy atom. The molecule has 1 aromatic heterocycles. The largest absolute Gasteiger partial charge is 0.496 e. The first-order valence-electron chi connectivity index (χ1n) is 8.44. The maximum absolute atomic E-state index is 5.62. The lowest BCUT2D eigenvalue weighted by atomic mass is 9.87. The molecule has 0 amide bonds. The molecule has 0 N–H and O–H groups in total. The van der Waals surface area contributed by atoms with Crippen LogP contribution in [0, 0.1) is 12.8 Å². The van der Waals surface area contributed by atoms with Gasteiger partial charge in [0.1, 0.15) is 5.75 Å². The Hall–Kier alpha value is -1.81. The number of aryl methyl sites for hydroxylation is 1. The van der Waals surface area contributed by atoms with Crippen LogP contribution in [0.25, 0.3) is 0 Å². The number of hydrogen-bond donors (Lipinski definition) is 0. The zero-order valence-corrected chi connectivity index (χ0v) is 14.6. The predicted octanol–water partition coefficient (Wildman–Crippen LogP) is 3.71. The molecule has 1 aliphatic heterocycles. The second-order valence-corrected chi connectivity index (χ2v) is 6.74. The highest BCUT2D eigenvalue weighted by Gasteiger charge is 2.30. The standard InChI is InChI=1S/C19H27N3O/c1-14-9-10-22(13-16-12-20-21(3)15(16)2)18(11-14)17-7-5-6-8-19(17)23-4/h5-8,12,14,18H,9-11,13H2,1-4H3/t14-,18+/m0/s1. The van der Waals surface area contributed by atoms with Gasteiger partial charge in [0.2, 0.25) is 0 Å². The van der Waals surface area contributed by atoms with Crippen molar-refractivity contribution in [3.05, 3.63) is 47.3 Å². The molecule has 4 heteroatoms. The highest BCUT2D eigenvalue weighted by molar-refractivity contribution is 5.36. The summed E-state index contributed by atoms with van der Waals surface area (Å²) in [6.07, 6.45) is 4.44. The van der Waals surface area contributed by atoms with Crippen LogP contribution in [-0.2, 0) is 13.6 Å². The maximum atomic E-state index is 5.62.